The van der Waals surface area contributed by atoms with Crippen LogP contribution < -0.4 is 10.1 Å². The molecule has 3 aromatic heterocycles. The fraction of sp³-hybridized carbons (Fsp3) is 0.577. The fourth-order valence-electron chi connectivity index (χ4n) is 5.29. The molecule has 0 amide bonds. The standard InChI is InChI=1S/C26H36N6O3/c1-17(16-34-3)29-26-28-14-24-22(13-23(32(24)30-26)18-4-6-20(33)7-5-18)19-8-10-27-25(12-19)35-21-9-11-31(2)15-21/h8,10,12-14,17-18,20-21,33H,4-7,9,11,15-16H2,1-3H3,(H,29,30)/t17-,18-,20-,21+/m0/s1. The Morgan fingerprint density at radius 3 is 2.74 bits per heavy atom. The number of likely N-dealkylation sites (tertiary alicyclic amines) is 1. The Kier molecular flexibility index (Phi) is 7.17. The lowest BCUT2D eigenvalue weighted by Gasteiger charge is -2.25. The zero-order valence-corrected chi connectivity index (χ0v) is 20.9. The minimum Gasteiger partial charge on any atom is -0.473 e. The van der Waals surface area contributed by atoms with E-state index >= 15 is 0 Å². The number of aliphatic hydroxyl groups excluding tert-OH is 1. The first kappa shape index (κ1) is 24.0. The molecule has 2 fully saturated rings. The largest absolute Gasteiger partial charge is 0.473 e. The average Bonchev–Trinajstić information content (AvgIpc) is 3.43. The highest BCUT2D eigenvalue weighted by molar-refractivity contribution is 5.81. The van der Waals surface area contributed by atoms with Crippen molar-refractivity contribution in [3.8, 4) is 17.0 Å². The molecule has 188 valence electrons. The van der Waals surface area contributed by atoms with E-state index in [4.69, 9.17) is 14.6 Å². The number of hydrogen-bond acceptors (Lipinski definition) is 8. The minimum absolute atomic E-state index is 0.0929. The number of aromatic nitrogens is 4. The van der Waals surface area contributed by atoms with Crippen molar-refractivity contribution in [2.75, 3.05) is 39.2 Å². The molecule has 1 saturated carbocycles. The number of rotatable bonds is 8. The molecule has 35 heavy (non-hydrogen) atoms. The van der Waals surface area contributed by atoms with Gasteiger partial charge in [0.1, 0.15) is 6.10 Å². The molecule has 2 atom stereocenters. The van der Waals surface area contributed by atoms with E-state index in [1.165, 1.54) is 0 Å². The van der Waals surface area contributed by atoms with Crippen molar-refractivity contribution in [1.82, 2.24) is 24.5 Å². The van der Waals surface area contributed by atoms with Crippen molar-refractivity contribution in [2.45, 2.75) is 63.2 Å². The van der Waals surface area contributed by atoms with E-state index in [0.717, 1.165) is 67.5 Å². The summed E-state index contributed by atoms with van der Waals surface area (Å²) < 4.78 is 13.5. The Hall–Kier alpha value is -2.75. The molecule has 0 bridgehead atoms. The normalized spacial score (nSPS) is 24.1. The highest BCUT2D eigenvalue weighted by Gasteiger charge is 2.26. The summed E-state index contributed by atoms with van der Waals surface area (Å²) >= 11 is 0. The van der Waals surface area contributed by atoms with Gasteiger partial charge in [-0.3, -0.25) is 0 Å². The summed E-state index contributed by atoms with van der Waals surface area (Å²) in [7, 11) is 3.80. The summed E-state index contributed by atoms with van der Waals surface area (Å²) in [5.74, 6) is 1.56. The number of ether oxygens (including phenoxy) is 2. The summed E-state index contributed by atoms with van der Waals surface area (Å²) in [5.41, 5.74) is 4.22. The van der Waals surface area contributed by atoms with Gasteiger partial charge in [0.2, 0.25) is 11.8 Å². The van der Waals surface area contributed by atoms with Gasteiger partial charge in [-0.1, -0.05) is 0 Å². The lowest BCUT2D eigenvalue weighted by atomic mass is 9.85. The zero-order chi connectivity index (χ0) is 24.4. The highest BCUT2D eigenvalue weighted by Crippen LogP contribution is 2.38. The Bertz CT molecular complexity index is 1140. The second-order valence-corrected chi connectivity index (χ2v) is 10.0. The van der Waals surface area contributed by atoms with E-state index in [1.807, 2.05) is 36.0 Å². The van der Waals surface area contributed by atoms with E-state index in [-0.39, 0.29) is 18.2 Å². The van der Waals surface area contributed by atoms with Gasteiger partial charge in [-0.25, -0.2) is 14.5 Å². The third-order valence-corrected chi connectivity index (χ3v) is 7.13. The molecular weight excluding hydrogens is 444 g/mol. The third-order valence-electron chi connectivity index (χ3n) is 7.13. The van der Waals surface area contributed by atoms with Crippen molar-refractivity contribution in [3.63, 3.8) is 0 Å². The lowest BCUT2D eigenvalue weighted by molar-refractivity contribution is 0.121. The van der Waals surface area contributed by atoms with E-state index in [9.17, 15) is 5.11 Å². The van der Waals surface area contributed by atoms with Crippen LogP contribution in [0.15, 0.2) is 30.6 Å². The average molecular weight is 481 g/mol. The van der Waals surface area contributed by atoms with Gasteiger partial charge in [-0.15, -0.1) is 5.10 Å². The van der Waals surface area contributed by atoms with Crippen LogP contribution in [0.25, 0.3) is 16.6 Å². The number of nitrogens with zero attached hydrogens (tertiary/aromatic N) is 5. The molecular formula is C26H36N6O3. The maximum atomic E-state index is 10.0. The number of pyridine rings is 1. The van der Waals surface area contributed by atoms with Crippen molar-refractivity contribution < 1.29 is 14.6 Å². The van der Waals surface area contributed by atoms with Crippen LogP contribution in [-0.2, 0) is 4.74 Å². The monoisotopic (exact) mass is 480 g/mol. The number of likely N-dealkylation sites (N-methyl/N-ethyl adjacent to an activating group) is 1. The van der Waals surface area contributed by atoms with Gasteiger partial charge < -0.3 is 24.8 Å². The van der Waals surface area contributed by atoms with Gasteiger partial charge in [-0.2, -0.15) is 0 Å². The first-order chi connectivity index (χ1) is 17.0. The number of fused-ring (bicyclic) bond motifs is 1. The van der Waals surface area contributed by atoms with Crippen LogP contribution in [0, 0.1) is 0 Å². The molecule has 1 aliphatic carbocycles. The summed E-state index contributed by atoms with van der Waals surface area (Å²) in [6.07, 6.45) is 8.20. The number of anilines is 1. The van der Waals surface area contributed by atoms with Crippen LogP contribution in [0.4, 0.5) is 5.95 Å². The molecule has 9 nitrogen and oxygen atoms in total. The highest BCUT2D eigenvalue weighted by atomic mass is 16.5. The maximum absolute atomic E-state index is 10.0. The molecule has 1 saturated heterocycles. The Balaban J connectivity index is 1.49. The van der Waals surface area contributed by atoms with E-state index in [1.54, 1.807) is 7.11 Å². The summed E-state index contributed by atoms with van der Waals surface area (Å²) in [6.45, 7) is 4.58. The van der Waals surface area contributed by atoms with E-state index < -0.39 is 0 Å². The molecule has 3 aromatic rings. The molecule has 1 aliphatic heterocycles. The SMILES string of the molecule is COC[C@H](C)Nc1ncc2c(-c3ccnc(O[C@@H]4CCN(C)C4)c3)cc([C@H]3CC[C@H](O)CC3)n2n1. The van der Waals surface area contributed by atoms with Gasteiger partial charge >= 0.3 is 0 Å². The fourth-order valence-corrected chi connectivity index (χ4v) is 5.29. The first-order valence-corrected chi connectivity index (χ1v) is 12.6. The third kappa shape index (κ3) is 5.42. The van der Waals surface area contributed by atoms with Crippen molar-refractivity contribution in [1.29, 1.82) is 0 Å². The van der Waals surface area contributed by atoms with Crippen molar-refractivity contribution in [3.05, 3.63) is 36.3 Å². The van der Waals surface area contributed by atoms with E-state index in [0.29, 0.717) is 24.4 Å². The van der Waals surface area contributed by atoms with Crippen LogP contribution in [0.2, 0.25) is 0 Å². The first-order valence-electron chi connectivity index (χ1n) is 12.6. The van der Waals surface area contributed by atoms with Crippen LogP contribution >= 0.6 is 0 Å². The molecule has 0 radical (unpaired) electrons. The number of nitrogens with one attached hydrogen (secondary N) is 1. The van der Waals surface area contributed by atoms with Crippen LogP contribution in [0.5, 0.6) is 5.88 Å². The summed E-state index contributed by atoms with van der Waals surface area (Å²) in [5, 5.41) is 18.3. The van der Waals surface area contributed by atoms with Crippen LogP contribution in [0.1, 0.15) is 50.6 Å². The molecule has 5 rings (SSSR count). The van der Waals surface area contributed by atoms with Crippen molar-refractivity contribution >= 4 is 11.5 Å². The number of aliphatic hydroxyl groups is 1. The van der Waals surface area contributed by atoms with Gasteiger partial charge in [0.25, 0.3) is 0 Å². The van der Waals surface area contributed by atoms with Gasteiger partial charge in [-0.05, 0) is 63.8 Å². The number of methoxy groups -OCH3 is 1. The predicted molar refractivity (Wildman–Crippen MR) is 135 cm³/mol. The predicted octanol–water partition coefficient (Wildman–Crippen LogP) is 3.34. The lowest BCUT2D eigenvalue weighted by Crippen LogP contribution is -2.23. The molecule has 2 aliphatic rings. The van der Waals surface area contributed by atoms with E-state index in [2.05, 4.69) is 33.3 Å². The molecule has 2 N–H and O–H groups in total. The number of hydrogen-bond donors (Lipinski definition) is 2. The Morgan fingerprint density at radius 1 is 1.17 bits per heavy atom. The molecule has 0 unspecified atom stereocenters. The van der Waals surface area contributed by atoms with Gasteiger partial charge in [0.05, 0.1) is 24.4 Å². The molecule has 9 heteroatoms. The van der Waals surface area contributed by atoms with Gasteiger partial charge in [0, 0.05) is 55.7 Å². The Labute approximate surface area is 206 Å². The molecule has 0 spiro atoms. The second-order valence-electron chi connectivity index (χ2n) is 10.0. The zero-order valence-electron chi connectivity index (χ0n) is 20.9. The van der Waals surface area contributed by atoms with Crippen LogP contribution in [0.3, 0.4) is 0 Å². The van der Waals surface area contributed by atoms with Crippen LogP contribution in [-0.4, -0.2) is 81.7 Å². The molecule has 4 heterocycles. The quantitative estimate of drug-likeness (QED) is 0.507. The van der Waals surface area contributed by atoms with Gasteiger partial charge in [0.15, 0.2) is 0 Å². The van der Waals surface area contributed by atoms with Crippen molar-refractivity contribution in [2.24, 2.45) is 0 Å². The summed E-state index contributed by atoms with van der Waals surface area (Å²) in [6, 6.07) is 6.37. The Morgan fingerprint density at radius 2 is 2.00 bits per heavy atom. The molecule has 0 aromatic carbocycles. The smallest absolute Gasteiger partial charge is 0.241 e. The maximum Gasteiger partial charge on any atom is 0.241 e. The second kappa shape index (κ2) is 10.5. The minimum atomic E-state index is -0.201. The summed E-state index contributed by atoms with van der Waals surface area (Å²) in [4.78, 5) is 11.4. The topological polar surface area (TPSA) is 97.0 Å².